The summed E-state index contributed by atoms with van der Waals surface area (Å²) in [4.78, 5) is 24.8. The maximum Gasteiger partial charge on any atom is 0.326 e. The van der Waals surface area contributed by atoms with Crippen LogP contribution in [-0.4, -0.2) is 53.1 Å². The Bertz CT molecular complexity index is 278. The van der Waals surface area contributed by atoms with Crippen LogP contribution in [0.1, 0.15) is 32.1 Å². The lowest BCUT2D eigenvalue weighted by Gasteiger charge is -2.23. The molecule has 0 aromatic rings. The first kappa shape index (κ1) is 15.1. The van der Waals surface area contributed by atoms with E-state index in [4.69, 9.17) is 5.11 Å². The highest BCUT2D eigenvalue weighted by Crippen LogP contribution is 2.10. The molecule has 1 aliphatic rings. The zero-order valence-electron chi connectivity index (χ0n) is 10.9. The van der Waals surface area contributed by atoms with E-state index < -0.39 is 12.0 Å². The van der Waals surface area contributed by atoms with E-state index in [0.29, 0.717) is 6.42 Å². The molecule has 1 rings (SSSR count). The average Bonchev–Trinajstić information content (AvgIpc) is 2.62. The number of carbonyl (C=O) groups is 2. The summed E-state index contributed by atoms with van der Waals surface area (Å²) in [6.07, 6.45) is 6.72. The summed E-state index contributed by atoms with van der Waals surface area (Å²) in [5.41, 5.74) is 0. The van der Waals surface area contributed by atoms with Gasteiger partial charge in [-0.1, -0.05) is 12.8 Å². The molecule has 6 heteroatoms. The lowest BCUT2D eigenvalue weighted by atomic mass is 10.2. The summed E-state index contributed by atoms with van der Waals surface area (Å²) in [5, 5.41) is 11.7. The van der Waals surface area contributed by atoms with E-state index in [2.05, 4.69) is 5.32 Å². The summed E-state index contributed by atoms with van der Waals surface area (Å²) in [5.74, 6) is -0.218. The van der Waals surface area contributed by atoms with Gasteiger partial charge in [0.1, 0.15) is 6.04 Å². The van der Waals surface area contributed by atoms with Crippen molar-refractivity contribution in [2.24, 2.45) is 0 Å². The molecule has 0 aromatic heterocycles. The fourth-order valence-electron chi connectivity index (χ4n) is 2.01. The number of carboxylic acid groups (broad SMARTS) is 1. The molecule has 1 atom stereocenters. The summed E-state index contributed by atoms with van der Waals surface area (Å²) in [6, 6.07) is -1.00. The number of thioether (sulfide) groups is 1. The van der Waals surface area contributed by atoms with Crippen LogP contribution in [0, 0.1) is 0 Å². The fraction of sp³-hybridized carbons (Fsp3) is 0.833. The highest BCUT2D eigenvalue weighted by atomic mass is 32.2. The zero-order chi connectivity index (χ0) is 13.4. The van der Waals surface area contributed by atoms with Gasteiger partial charge in [-0.05, 0) is 31.3 Å². The summed E-state index contributed by atoms with van der Waals surface area (Å²) >= 11 is 1.59. The number of carbonyl (C=O) groups excluding carboxylic acids is 1. The van der Waals surface area contributed by atoms with Crippen LogP contribution in [0.3, 0.4) is 0 Å². The fourth-order valence-corrected chi connectivity index (χ4v) is 2.48. The lowest BCUT2D eigenvalue weighted by molar-refractivity contribution is -0.139. The Kier molecular flexibility index (Phi) is 6.93. The minimum Gasteiger partial charge on any atom is -0.480 e. The number of hydrogen-bond acceptors (Lipinski definition) is 3. The van der Waals surface area contributed by atoms with Crippen LogP contribution in [-0.2, 0) is 4.79 Å². The van der Waals surface area contributed by atoms with Crippen molar-refractivity contribution in [3.63, 3.8) is 0 Å². The van der Waals surface area contributed by atoms with Crippen molar-refractivity contribution in [1.29, 1.82) is 0 Å². The quantitative estimate of drug-likeness (QED) is 0.801. The molecule has 18 heavy (non-hydrogen) atoms. The van der Waals surface area contributed by atoms with Gasteiger partial charge in [0.05, 0.1) is 0 Å². The topological polar surface area (TPSA) is 69.6 Å². The third-order valence-corrected chi connectivity index (χ3v) is 3.74. The van der Waals surface area contributed by atoms with Crippen molar-refractivity contribution in [2.75, 3.05) is 25.1 Å². The van der Waals surface area contributed by atoms with Crippen molar-refractivity contribution >= 4 is 23.8 Å². The van der Waals surface area contributed by atoms with E-state index in [1.54, 1.807) is 16.7 Å². The SMILES string of the molecule is CSCC[C@@H](NC(=O)N1CCCCCC1)C(=O)O. The first-order chi connectivity index (χ1) is 8.65. The Morgan fingerprint density at radius 1 is 1.28 bits per heavy atom. The van der Waals surface area contributed by atoms with Gasteiger partial charge in [0, 0.05) is 13.1 Å². The highest BCUT2D eigenvalue weighted by molar-refractivity contribution is 7.98. The van der Waals surface area contributed by atoms with Crippen LogP contribution in [0.15, 0.2) is 0 Å². The molecule has 2 N–H and O–H groups in total. The number of nitrogens with zero attached hydrogens (tertiary/aromatic N) is 1. The third-order valence-electron chi connectivity index (χ3n) is 3.10. The molecule has 0 aromatic carbocycles. The standard InChI is InChI=1S/C12H22N2O3S/c1-18-9-6-10(11(15)16)13-12(17)14-7-4-2-3-5-8-14/h10H,2-9H2,1H3,(H,13,17)(H,15,16)/t10-/m1/s1. The van der Waals surface area contributed by atoms with E-state index in [1.807, 2.05) is 6.26 Å². The second kappa shape index (κ2) is 8.24. The average molecular weight is 274 g/mol. The molecule has 1 fully saturated rings. The second-order valence-electron chi connectivity index (χ2n) is 4.52. The predicted octanol–water partition coefficient (Wildman–Crippen LogP) is 1.78. The molecule has 5 nitrogen and oxygen atoms in total. The maximum absolute atomic E-state index is 12.0. The Labute approximate surface area is 112 Å². The zero-order valence-corrected chi connectivity index (χ0v) is 11.7. The van der Waals surface area contributed by atoms with Gasteiger partial charge in [-0.2, -0.15) is 11.8 Å². The molecule has 0 spiro atoms. The van der Waals surface area contributed by atoms with Crippen LogP contribution in [0.2, 0.25) is 0 Å². The molecule has 1 aliphatic heterocycles. The number of aliphatic carboxylic acids is 1. The van der Waals surface area contributed by atoms with Crippen LogP contribution in [0.25, 0.3) is 0 Å². The smallest absolute Gasteiger partial charge is 0.326 e. The Morgan fingerprint density at radius 3 is 2.39 bits per heavy atom. The molecule has 2 amide bonds. The number of carboxylic acids is 1. The van der Waals surface area contributed by atoms with Gasteiger partial charge in [0.25, 0.3) is 0 Å². The third kappa shape index (κ3) is 5.16. The number of nitrogens with one attached hydrogen (secondary N) is 1. The number of rotatable bonds is 5. The maximum atomic E-state index is 12.0. The second-order valence-corrected chi connectivity index (χ2v) is 5.51. The number of likely N-dealkylation sites (tertiary alicyclic amines) is 1. The monoisotopic (exact) mass is 274 g/mol. The molecule has 1 heterocycles. The first-order valence-corrected chi connectivity index (χ1v) is 7.81. The molecular formula is C12H22N2O3S. The number of hydrogen-bond donors (Lipinski definition) is 2. The van der Waals surface area contributed by atoms with Crippen LogP contribution < -0.4 is 5.32 Å². The van der Waals surface area contributed by atoms with Crippen molar-refractivity contribution in [1.82, 2.24) is 10.2 Å². The minimum absolute atomic E-state index is 0.231. The molecule has 0 bridgehead atoms. The molecule has 104 valence electrons. The van der Waals surface area contributed by atoms with Crippen molar-refractivity contribution < 1.29 is 14.7 Å². The summed E-state index contributed by atoms with van der Waals surface area (Å²) in [7, 11) is 0. The Balaban J connectivity index is 2.45. The first-order valence-electron chi connectivity index (χ1n) is 6.42. The van der Waals surface area contributed by atoms with Gasteiger partial charge < -0.3 is 15.3 Å². The highest BCUT2D eigenvalue weighted by Gasteiger charge is 2.23. The molecule has 1 saturated heterocycles. The predicted molar refractivity (Wildman–Crippen MR) is 73.0 cm³/mol. The van der Waals surface area contributed by atoms with E-state index in [0.717, 1.165) is 44.5 Å². The van der Waals surface area contributed by atoms with Gasteiger partial charge in [0.2, 0.25) is 0 Å². The van der Waals surface area contributed by atoms with E-state index in [1.165, 1.54) is 0 Å². The van der Waals surface area contributed by atoms with E-state index in [-0.39, 0.29) is 6.03 Å². The van der Waals surface area contributed by atoms with Crippen LogP contribution in [0.4, 0.5) is 4.79 Å². The molecular weight excluding hydrogens is 252 g/mol. The lowest BCUT2D eigenvalue weighted by Crippen LogP contribution is -2.48. The van der Waals surface area contributed by atoms with Gasteiger partial charge in [-0.15, -0.1) is 0 Å². The van der Waals surface area contributed by atoms with Crippen molar-refractivity contribution in [3.05, 3.63) is 0 Å². The molecule has 0 aliphatic carbocycles. The molecule has 0 radical (unpaired) electrons. The van der Waals surface area contributed by atoms with Crippen molar-refractivity contribution in [3.8, 4) is 0 Å². The van der Waals surface area contributed by atoms with Crippen LogP contribution >= 0.6 is 11.8 Å². The number of urea groups is 1. The largest absolute Gasteiger partial charge is 0.480 e. The van der Waals surface area contributed by atoms with Gasteiger partial charge in [-0.25, -0.2) is 9.59 Å². The minimum atomic E-state index is -0.952. The van der Waals surface area contributed by atoms with E-state index >= 15 is 0 Å². The van der Waals surface area contributed by atoms with Crippen LogP contribution in [0.5, 0.6) is 0 Å². The molecule has 0 unspecified atom stereocenters. The summed E-state index contributed by atoms with van der Waals surface area (Å²) in [6.45, 7) is 1.47. The van der Waals surface area contributed by atoms with E-state index in [9.17, 15) is 9.59 Å². The Morgan fingerprint density at radius 2 is 1.89 bits per heavy atom. The number of amides is 2. The van der Waals surface area contributed by atoms with Crippen molar-refractivity contribution in [2.45, 2.75) is 38.1 Å². The normalized spacial score (nSPS) is 17.9. The van der Waals surface area contributed by atoms with Gasteiger partial charge in [-0.3, -0.25) is 0 Å². The molecule has 0 saturated carbocycles. The van der Waals surface area contributed by atoms with Gasteiger partial charge in [0.15, 0.2) is 0 Å². The summed E-state index contributed by atoms with van der Waals surface area (Å²) < 4.78 is 0. The Hall–Kier alpha value is -0.910. The van der Waals surface area contributed by atoms with Gasteiger partial charge >= 0.3 is 12.0 Å².